The summed E-state index contributed by atoms with van der Waals surface area (Å²) >= 11 is 0. The second kappa shape index (κ2) is 9.92. The van der Waals surface area contributed by atoms with Crippen molar-refractivity contribution in [1.82, 2.24) is 4.90 Å². The summed E-state index contributed by atoms with van der Waals surface area (Å²) in [5.74, 6) is 0.669. The van der Waals surface area contributed by atoms with E-state index in [9.17, 15) is 0 Å². The minimum Gasteiger partial charge on any atom is -0.488 e. The zero-order chi connectivity index (χ0) is 19.8. The lowest BCUT2D eigenvalue weighted by Gasteiger charge is -2.25. The molecule has 0 bridgehead atoms. The normalized spacial score (nSPS) is 18.8. The van der Waals surface area contributed by atoms with Crippen LogP contribution in [0.3, 0.4) is 0 Å². The topological polar surface area (TPSA) is 86.9 Å². The highest BCUT2D eigenvalue weighted by atomic mass is 16.6. The number of hydrogen-bond donors (Lipinski definition) is 3. The molecule has 0 saturated carbocycles. The maximum Gasteiger partial charge on any atom is 0.164 e. The monoisotopic (exact) mass is 380 g/mol. The van der Waals surface area contributed by atoms with Crippen LogP contribution in [0.1, 0.15) is 12.5 Å². The van der Waals surface area contributed by atoms with Crippen LogP contribution < -0.4 is 11.1 Å². The molecule has 1 saturated heterocycles. The lowest BCUT2D eigenvalue weighted by atomic mass is 10.2. The number of para-hydroxylation sites is 1. The number of nitrogens with one attached hydrogen (secondary N) is 2. The Morgan fingerprint density at radius 2 is 1.86 bits per heavy atom. The molecule has 2 unspecified atom stereocenters. The Bertz CT molecular complexity index is 780. The van der Waals surface area contributed by atoms with Gasteiger partial charge in [0.2, 0.25) is 0 Å². The highest BCUT2D eigenvalue weighted by Crippen LogP contribution is 2.34. The number of anilines is 1. The van der Waals surface area contributed by atoms with Crippen molar-refractivity contribution in [3.63, 3.8) is 0 Å². The third-order valence-corrected chi connectivity index (χ3v) is 4.58. The summed E-state index contributed by atoms with van der Waals surface area (Å²) in [5.41, 5.74) is 8.53. The number of allylic oxidation sites excluding steroid dienone is 1. The first-order chi connectivity index (χ1) is 13.8. The van der Waals surface area contributed by atoms with Crippen LogP contribution in [0.5, 0.6) is 0 Å². The summed E-state index contributed by atoms with van der Waals surface area (Å²) < 4.78 is 12.1. The van der Waals surface area contributed by atoms with Gasteiger partial charge in [-0.25, -0.2) is 0 Å². The molecule has 1 aliphatic rings. The summed E-state index contributed by atoms with van der Waals surface area (Å²) in [5, 5.41) is 11.3. The second-order valence-corrected chi connectivity index (χ2v) is 6.52. The van der Waals surface area contributed by atoms with Crippen molar-refractivity contribution in [3.8, 4) is 0 Å². The van der Waals surface area contributed by atoms with E-state index in [0.29, 0.717) is 31.2 Å². The first kappa shape index (κ1) is 19.9. The average Bonchev–Trinajstić information content (AvgIpc) is 3.50. The van der Waals surface area contributed by atoms with Gasteiger partial charge in [0, 0.05) is 31.5 Å². The summed E-state index contributed by atoms with van der Waals surface area (Å²) in [7, 11) is 0. The van der Waals surface area contributed by atoms with Crippen molar-refractivity contribution in [2.45, 2.75) is 25.9 Å². The minimum atomic E-state index is -0.243. The van der Waals surface area contributed by atoms with E-state index in [1.54, 1.807) is 0 Å². The molecule has 6 nitrogen and oxygen atoms in total. The molecule has 1 heterocycles. The quantitative estimate of drug-likeness (QED) is 0.317. The largest absolute Gasteiger partial charge is 0.488 e. The molecule has 0 aliphatic carbocycles. The van der Waals surface area contributed by atoms with Crippen LogP contribution in [0, 0.1) is 5.41 Å². The average molecular weight is 380 g/mol. The molecule has 28 heavy (non-hydrogen) atoms. The van der Waals surface area contributed by atoms with E-state index in [-0.39, 0.29) is 12.3 Å². The van der Waals surface area contributed by atoms with Gasteiger partial charge in [0.15, 0.2) is 18.1 Å². The first-order valence-electron chi connectivity index (χ1n) is 9.60. The molecular weight excluding hydrogens is 352 g/mol. The van der Waals surface area contributed by atoms with Gasteiger partial charge in [-0.05, 0) is 24.6 Å². The molecule has 3 rings (SSSR count). The molecule has 2 aromatic carbocycles. The Kier molecular flexibility index (Phi) is 7.06. The molecule has 4 N–H and O–H groups in total. The molecular formula is C22H28N4O2. The lowest BCUT2D eigenvalue weighted by Crippen LogP contribution is -2.31. The second-order valence-electron chi connectivity index (χ2n) is 6.52. The molecule has 0 radical (unpaired) electrons. The number of likely N-dealkylation sites (N-methyl/N-ethyl adjacent to an activating group) is 1. The maximum atomic E-state index is 7.97. The zero-order valence-electron chi connectivity index (χ0n) is 16.2. The predicted octanol–water partition coefficient (Wildman–Crippen LogP) is 3.18. The fourth-order valence-electron chi connectivity index (χ4n) is 3.08. The zero-order valence-corrected chi connectivity index (χ0v) is 16.2. The Balaban J connectivity index is 1.79. The summed E-state index contributed by atoms with van der Waals surface area (Å²) in [6, 6.07) is 19.9. The van der Waals surface area contributed by atoms with Gasteiger partial charge in [-0.15, -0.1) is 0 Å². The van der Waals surface area contributed by atoms with Crippen molar-refractivity contribution in [1.29, 1.82) is 5.41 Å². The van der Waals surface area contributed by atoms with Crippen LogP contribution >= 0.6 is 0 Å². The number of benzene rings is 2. The Morgan fingerprint density at radius 3 is 2.46 bits per heavy atom. The van der Waals surface area contributed by atoms with Crippen molar-refractivity contribution >= 4 is 11.9 Å². The molecule has 2 atom stereocenters. The van der Waals surface area contributed by atoms with Crippen LogP contribution in [0.4, 0.5) is 5.69 Å². The van der Waals surface area contributed by atoms with Crippen LogP contribution in [-0.2, 0) is 16.1 Å². The number of hydrogen-bond acceptors (Lipinski definition) is 6. The number of nitrogens with zero attached hydrogens (tertiary/aromatic N) is 1. The van der Waals surface area contributed by atoms with E-state index >= 15 is 0 Å². The summed E-state index contributed by atoms with van der Waals surface area (Å²) in [6.07, 6.45) is 0.910. The molecule has 6 heteroatoms. The highest BCUT2D eigenvalue weighted by molar-refractivity contribution is 5.76. The third kappa shape index (κ3) is 5.12. The summed E-state index contributed by atoms with van der Waals surface area (Å²) in [6.45, 7) is 4.37. The molecule has 1 fully saturated rings. The lowest BCUT2D eigenvalue weighted by molar-refractivity contribution is 0.163. The van der Waals surface area contributed by atoms with Crippen molar-refractivity contribution in [3.05, 3.63) is 77.7 Å². The Labute approximate surface area is 166 Å². The van der Waals surface area contributed by atoms with Gasteiger partial charge in [0.25, 0.3) is 0 Å². The molecule has 1 aliphatic heterocycles. The predicted molar refractivity (Wildman–Crippen MR) is 112 cm³/mol. The molecule has 2 aromatic rings. The summed E-state index contributed by atoms with van der Waals surface area (Å²) in [4.78, 5) is 2.05. The van der Waals surface area contributed by atoms with Crippen LogP contribution in [0.25, 0.3) is 0 Å². The van der Waals surface area contributed by atoms with Gasteiger partial charge in [-0.3, -0.25) is 0 Å². The first-order valence-corrected chi connectivity index (χ1v) is 9.60. The van der Waals surface area contributed by atoms with Gasteiger partial charge in [-0.2, -0.15) is 0 Å². The number of ether oxygens (including phenoxy) is 2. The van der Waals surface area contributed by atoms with E-state index in [1.165, 1.54) is 6.21 Å². The molecule has 0 aromatic heterocycles. The van der Waals surface area contributed by atoms with Gasteiger partial charge in [0.05, 0.1) is 5.70 Å². The van der Waals surface area contributed by atoms with E-state index in [0.717, 1.165) is 17.8 Å². The van der Waals surface area contributed by atoms with Crippen molar-refractivity contribution in [2.75, 3.05) is 25.0 Å². The SMILES string of the molecule is CCN(CCN)/C(C=N)=C(\OCc1ccccc1)C1OC1Nc1ccccc1. The van der Waals surface area contributed by atoms with E-state index in [1.807, 2.05) is 67.6 Å². The Hall–Kier alpha value is -2.83. The van der Waals surface area contributed by atoms with Gasteiger partial charge in [0.1, 0.15) is 6.61 Å². The van der Waals surface area contributed by atoms with E-state index in [2.05, 4.69) is 10.2 Å². The van der Waals surface area contributed by atoms with Gasteiger partial charge >= 0.3 is 0 Å². The van der Waals surface area contributed by atoms with Crippen molar-refractivity contribution < 1.29 is 9.47 Å². The van der Waals surface area contributed by atoms with Crippen LogP contribution in [0.15, 0.2) is 72.1 Å². The Morgan fingerprint density at radius 1 is 1.18 bits per heavy atom. The number of nitrogens with two attached hydrogens (primary N) is 1. The van der Waals surface area contributed by atoms with E-state index in [4.69, 9.17) is 20.6 Å². The highest BCUT2D eigenvalue weighted by Gasteiger charge is 2.45. The van der Waals surface area contributed by atoms with Gasteiger partial charge in [-0.1, -0.05) is 48.5 Å². The molecule has 0 amide bonds. The van der Waals surface area contributed by atoms with Crippen LogP contribution in [-0.4, -0.2) is 43.1 Å². The minimum absolute atomic E-state index is 0.181. The van der Waals surface area contributed by atoms with Crippen molar-refractivity contribution in [2.24, 2.45) is 5.73 Å². The molecule has 0 spiro atoms. The standard InChI is InChI=1S/C22H28N4O2/c1-2-26(14-13-23)19(15-24)20(27-16-17-9-5-3-6-10-17)21-22(28-21)25-18-11-7-4-8-12-18/h3-12,15,21-22,24-25H,2,13-14,16,23H2,1H3/b20-19-,24-15?. The van der Waals surface area contributed by atoms with Crippen LogP contribution in [0.2, 0.25) is 0 Å². The molecule has 148 valence electrons. The number of epoxide rings is 1. The number of rotatable bonds is 11. The fourth-order valence-corrected chi connectivity index (χ4v) is 3.08. The third-order valence-electron chi connectivity index (χ3n) is 4.58. The maximum absolute atomic E-state index is 7.97. The van der Waals surface area contributed by atoms with Gasteiger partial charge < -0.3 is 30.8 Å². The van der Waals surface area contributed by atoms with E-state index < -0.39 is 0 Å². The smallest absolute Gasteiger partial charge is 0.164 e. The fraction of sp³-hybridized carbons (Fsp3) is 0.318.